The average molecular weight is 227 g/mol. The van der Waals surface area contributed by atoms with Crippen LogP contribution in [0.15, 0.2) is 4.99 Å². The summed E-state index contributed by atoms with van der Waals surface area (Å²) in [5.41, 5.74) is 2.49. The first kappa shape index (κ1) is 12.8. The monoisotopic (exact) mass is 227 g/mol. The summed E-state index contributed by atoms with van der Waals surface area (Å²) in [4.78, 5) is 15.3. The molecule has 0 unspecified atom stereocenters. The molecule has 0 aromatic carbocycles. The van der Waals surface area contributed by atoms with Crippen molar-refractivity contribution < 1.29 is 4.79 Å². The summed E-state index contributed by atoms with van der Waals surface area (Å²) in [7, 11) is 0. The van der Waals surface area contributed by atoms with Gasteiger partial charge in [0.15, 0.2) is 0 Å². The number of hydrogen-bond donors (Lipinski definition) is 4. The van der Waals surface area contributed by atoms with Crippen LogP contribution < -0.4 is 21.9 Å². The van der Waals surface area contributed by atoms with Gasteiger partial charge in [0.1, 0.15) is 6.54 Å². The molecule has 0 aromatic rings. The van der Waals surface area contributed by atoms with Crippen LogP contribution in [0.5, 0.6) is 0 Å². The maximum absolute atomic E-state index is 11.2. The number of carbonyl (C=O) groups excluding carboxylic acids is 1. The van der Waals surface area contributed by atoms with Crippen LogP contribution in [0.2, 0.25) is 0 Å². The van der Waals surface area contributed by atoms with E-state index in [2.05, 4.69) is 21.1 Å². The molecule has 1 aliphatic carbocycles. The van der Waals surface area contributed by atoms with Gasteiger partial charge < -0.3 is 10.6 Å². The first-order chi connectivity index (χ1) is 7.76. The van der Waals surface area contributed by atoms with Crippen molar-refractivity contribution in [1.82, 2.24) is 16.1 Å². The molecule has 1 amide bonds. The minimum absolute atomic E-state index is 0.0940. The molecule has 1 rings (SSSR count). The van der Waals surface area contributed by atoms with Gasteiger partial charge in [-0.25, -0.2) is 10.8 Å². The number of likely N-dealkylation sites (N-methyl/N-ethyl adjacent to an activating group) is 1. The summed E-state index contributed by atoms with van der Waals surface area (Å²) in [5, 5.41) is 5.87. The molecule has 0 aliphatic heterocycles. The third-order valence-electron chi connectivity index (χ3n) is 2.59. The van der Waals surface area contributed by atoms with E-state index < -0.39 is 0 Å². The second kappa shape index (κ2) is 7.05. The third-order valence-corrected chi connectivity index (χ3v) is 2.59. The van der Waals surface area contributed by atoms with E-state index in [0.29, 0.717) is 18.5 Å². The molecule has 0 atom stereocenters. The number of guanidine groups is 1. The summed E-state index contributed by atoms with van der Waals surface area (Å²) < 4.78 is 0. The highest BCUT2D eigenvalue weighted by atomic mass is 16.1. The van der Waals surface area contributed by atoms with Gasteiger partial charge in [-0.1, -0.05) is 12.8 Å². The van der Waals surface area contributed by atoms with Gasteiger partial charge in [-0.05, 0) is 19.8 Å². The zero-order valence-corrected chi connectivity index (χ0v) is 9.75. The van der Waals surface area contributed by atoms with E-state index in [0.717, 1.165) is 12.8 Å². The van der Waals surface area contributed by atoms with Gasteiger partial charge in [0.2, 0.25) is 11.9 Å². The molecule has 16 heavy (non-hydrogen) atoms. The van der Waals surface area contributed by atoms with Crippen LogP contribution in [-0.2, 0) is 4.79 Å². The van der Waals surface area contributed by atoms with Gasteiger partial charge in [0.05, 0.1) is 0 Å². The zero-order valence-electron chi connectivity index (χ0n) is 9.75. The Hall–Kier alpha value is -1.30. The van der Waals surface area contributed by atoms with Crippen molar-refractivity contribution in [2.75, 3.05) is 13.1 Å². The highest BCUT2D eigenvalue weighted by Gasteiger charge is 2.15. The summed E-state index contributed by atoms with van der Waals surface area (Å²) in [5.74, 6) is 5.74. The van der Waals surface area contributed by atoms with E-state index in [-0.39, 0.29) is 12.5 Å². The minimum atomic E-state index is -0.0940. The van der Waals surface area contributed by atoms with Crippen LogP contribution in [-0.4, -0.2) is 31.0 Å². The zero-order chi connectivity index (χ0) is 11.8. The Bertz CT molecular complexity index is 248. The van der Waals surface area contributed by atoms with Crippen molar-refractivity contribution in [3.63, 3.8) is 0 Å². The predicted octanol–water partition coefficient (Wildman–Crippen LogP) is -0.526. The van der Waals surface area contributed by atoms with E-state index in [1.165, 1.54) is 12.8 Å². The number of amides is 1. The third kappa shape index (κ3) is 4.48. The smallest absolute Gasteiger partial charge is 0.241 e. The van der Waals surface area contributed by atoms with Crippen molar-refractivity contribution in [3.8, 4) is 0 Å². The fourth-order valence-corrected chi connectivity index (χ4v) is 1.80. The quantitative estimate of drug-likeness (QED) is 0.225. The summed E-state index contributed by atoms with van der Waals surface area (Å²) in [6.45, 7) is 2.60. The van der Waals surface area contributed by atoms with Crippen LogP contribution in [0.25, 0.3) is 0 Å². The van der Waals surface area contributed by atoms with Crippen LogP contribution in [0.1, 0.15) is 32.6 Å². The number of carbonyl (C=O) groups is 1. The number of hydrogen-bond acceptors (Lipinski definition) is 3. The van der Waals surface area contributed by atoms with Crippen LogP contribution in [0.3, 0.4) is 0 Å². The summed E-state index contributed by atoms with van der Waals surface area (Å²) in [6, 6.07) is 0.434. The Morgan fingerprint density at radius 3 is 2.69 bits per heavy atom. The van der Waals surface area contributed by atoms with Crippen molar-refractivity contribution in [1.29, 1.82) is 0 Å². The van der Waals surface area contributed by atoms with Crippen LogP contribution >= 0.6 is 0 Å². The SMILES string of the molecule is CCNC(=O)CN=C(NN)NC1CCCC1. The molecule has 1 aliphatic rings. The highest BCUT2D eigenvalue weighted by molar-refractivity contribution is 5.84. The van der Waals surface area contributed by atoms with Gasteiger partial charge in [-0.2, -0.15) is 0 Å². The minimum Gasteiger partial charge on any atom is -0.355 e. The Balaban J connectivity index is 2.33. The Morgan fingerprint density at radius 1 is 1.44 bits per heavy atom. The second-order valence-electron chi connectivity index (χ2n) is 3.89. The molecule has 1 fully saturated rings. The van der Waals surface area contributed by atoms with Gasteiger partial charge in [0, 0.05) is 12.6 Å². The molecule has 1 saturated carbocycles. The van der Waals surface area contributed by atoms with E-state index in [9.17, 15) is 4.79 Å². The molecule has 0 saturated heterocycles. The molecule has 0 aromatic heterocycles. The lowest BCUT2D eigenvalue weighted by Gasteiger charge is -2.14. The summed E-state index contributed by atoms with van der Waals surface area (Å²) >= 11 is 0. The number of aliphatic imine (C=N–C) groups is 1. The Labute approximate surface area is 96.0 Å². The van der Waals surface area contributed by atoms with E-state index >= 15 is 0 Å². The Kier molecular flexibility index (Phi) is 5.63. The molecule has 0 spiro atoms. The van der Waals surface area contributed by atoms with Gasteiger partial charge in [0.25, 0.3) is 0 Å². The molecule has 0 bridgehead atoms. The molecule has 6 heteroatoms. The van der Waals surface area contributed by atoms with Crippen LogP contribution in [0, 0.1) is 0 Å². The van der Waals surface area contributed by atoms with Gasteiger partial charge >= 0.3 is 0 Å². The van der Waals surface area contributed by atoms with E-state index in [4.69, 9.17) is 5.84 Å². The predicted molar refractivity (Wildman–Crippen MR) is 63.7 cm³/mol. The molecule has 0 radical (unpaired) electrons. The largest absolute Gasteiger partial charge is 0.355 e. The number of nitrogens with one attached hydrogen (secondary N) is 3. The number of rotatable bonds is 4. The first-order valence-electron chi connectivity index (χ1n) is 5.80. The van der Waals surface area contributed by atoms with Gasteiger partial charge in [-0.3, -0.25) is 10.2 Å². The van der Waals surface area contributed by atoms with Crippen molar-refractivity contribution >= 4 is 11.9 Å². The van der Waals surface area contributed by atoms with E-state index in [1.807, 2.05) is 6.92 Å². The van der Waals surface area contributed by atoms with Gasteiger partial charge in [-0.15, -0.1) is 0 Å². The molecule has 6 nitrogen and oxygen atoms in total. The molecular weight excluding hydrogens is 206 g/mol. The Morgan fingerprint density at radius 2 is 2.12 bits per heavy atom. The van der Waals surface area contributed by atoms with Crippen LogP contribution in [0.4, 0.5) is 0 Å². The topological polar surface area (TPSA) is 91.5 Å². The molecule has 92 valence electrons. The maximum Gasteiger partial charge on any atom is 0.241 e. The van der Waals surface area contributed by atoms with Crippen molar-refractivity contribution in [2.24, 2.45) is 10.8 Å². The lowest BCUT2D eigenvalue weighted by atomic mass is 10.2. The normalized spacial score (nSPS) is 17.2. The fourth-order valence-electron chi connectivity index (χ4n) is 1.80. The van der Waals surface area contributed by atoms with E-state index in [1.54, 1.807) is 0 Å². The van der Waals surface area contributed by atoms with Crippen molar-refractivity contribution in [2.45, 2.75) is 38.6 Å². The highest BCUT2D eigenvalue weighted by Crippen LogP contribution is 2.17. The number of hydrazine groups is 1. The molecule has 5 N–H and O–H groups in total. The average Bonchev–Trinajstić information content (AvgIpc) is 2.77. The number of nitrogens with zero attached hydrogens (tertiary/aromatic N) is 1. The lowest BCUT2D eigenvalue weighted by molar-refractivity contribution is -0.119. The molecule has 0 heterocycles. The summed E-state index contributed by atoms with van der Waals surface area (Å²) in [6.07, 6.45) is 4.77. The standard InChI is InChI=1S/C10H21N5O/c1-2-12-9(16)7-13-10(15-11)14-8-5-3-4-6-8/h8H,2-7,11H2,1H3,(H,12,16)(H2,13,14,15). The fraction of sp³-hybridized carbons (Fsp3) is 0.800. The van der Waals surface area contributed by atoms with Crippen molar-refractivity contribution in [3.05, 3.63) is 0 Å². The second-order valence-corrected chi connectivity index (χ2v) is 3.89. The maximum atomic E-state index is 11.2. The lowest BCUT2D eigenvalue weighted by Crippen LogP contribution is -2.46. The molecular formula is C10H21N5O. The first-order valence-corrected chi connectivity index (χ1v) is 5.80. The number of nitrogens with two attached hydrogens (primary N) is 1.